The Morgan fingerprint density at radius 1 is 1.29 bits per heavy atom. The van der Waals surface area contributed by atoms with Crippen LogP contribution in [0.5, 0.6) is 5.75 Å². The molecular formula is C20H29IN4O2S. The fourth-order valence-electron chi connectivity index (χ4n) is 2.58. The van der Waals surface area contributed by atoms with Gasteiger partial charge in [0.05, 0.1) is 19.3 Å². The van der Waals surface area contributed by atoms with Crippen molar-refractivity contribution in [2.75, 3.05) is 25.5 Å². The highest BCUT2D eigenvalue weighted by atomic mass is 127. The molecule has 2 aromatic rings. The van der Waals surface area contributed by atoms with Crippen LogP contribution in [0.2, 0.25) is 0 Å². The maximum absolute atomic E-state index is 11.4. The van der Waals surface area contributed by atoms with Gasteiger partial charge in [0.15, 0.2) is 5.96 Å². The summed E-state index contributed by atoms with van der Waals surface area (Å²) in [6.45, 7) is 7.81. The summed E-state index contributed by atoms with van der Waals surface area (Å²) in [6, 6.07) is 7.84. The van der Waals surface area contributed by atoms with Crippen LogP contribution in [0.4, 0.5) is 5.69 Å². The molecule has 0 aliphatic heterocycles. The number of nitrogens with one attached hydrogen (secondary N) is 3. The number of hydrogen-bond donors (Lipinski definition) is 3. The average Bonchev–Trinajstić information content (AvgIpc) is 3.18. The highest BCUT2D eigenvalue weighted by Crippen LogP contribution is 2.25. The number of methoxy groups -OCH3 is 1. The number of guanidine groups is 1. The normalized spacial score (nSPS) is 11.9. The highest BCUT2D eigenvalue weighted by Gasteiger charge is 2.08. The van der Waals surface area contributed by atoms with Crippen LogP contribution in [0, 0.1) is 0 Å². The molecule has 1 unspecified atom stereocenters. The lowest BCUT2D eigenvalue weighted by Gasteiger charge is -2.15. The van der Waals surface area contributed by atoms with Crippen LogP contribution in [-0.4, -0.2) is 32.1 Å². The van der Waals surface area contributed by atoms with Gasteiger partial charge in [-0.05, 0) is 52.9 Å². The highest BCUT2D eigenvalue weighted by molar-refractivity contribution is 14.0. The predicted molar refractivity (Wildman–Crippen MR) is 128 cm³/mol. The van der Waals surface area contributed by atoms with E-state index in [0.717, 1.165) is 24.6 Å². The van der Waals surface area contributed by atoms with E-state index in [0.29, 0.717) is 23.9 Å². The maximum atomic E-state index is 11.4. The Hall–Kier alpha value is -1.81. The summed E-state index contributed by atoms with van der Waals surface area (Å²) < 4.78 is 5.29. The molecule has 0 saturated carbocycles. The van der Waals surface area contributed by atoms with Crippen LogP contribution in [0.3, 0.4) is 0 Å². The summed E-state index contributed by atoms with van der Waals surface area (Å²) >= 11 is 1.71. The van der Waals surface area contributed by atoms with E-state index in [1.54, 1.807) is 18.4 Å². The summed E-state index contributed by atoms with van der Waals surface area (Å²) in [6.07, 6.45) is 0. The summed E-state index contributed by atoms with van der Waals surface area (Å²) in [7, 11) is 1.58. The molecule has 1 amide bonds. The summed E-state index contributed by atoms with van der Waals surface area (Å²) in [4.78, 5) is 16.0. The largest absolute Gasteiger partial charge is 0.495 e. The first-order valence-corrected chi connectivity index (χ1v) is 9.96. The van der Waals surface area contributed by atoms with Crippen LogP contribution >= 0.6 is 35.3 Å². The number of carbonyl (C=O) groups is 1. The van der Waals surface area contributed by atoms with Crippen molar-refractivity contribution in [2.24, 2.45) is 4.99 Å². The molecule has 1 atom stereocenters. The minimum atomic E-state index is -0.133. The van der Waals surface area contributed by atoms with Crippen molar-refractivity contribution in [3.05, 3.63) is 46.2 Å². The van der Waals surface area contributed by atoms with Gasteiger partial charge in [0, 0.05) is 20.0 Å². The van der Waals surface area contributed by atoms with E-state index in [4.69, 9.17) is 4.74 Å². The van der Waals surface area contributed by atoms with Gasteiger partial charge in [-0.3, -0.25) is 4.79 Å². The fraction of sp³-hybridized carbons (Fsp3) is 0.400. The van der Waals surface area contributed by atoms with Crippen molar-refractivity contribution in [3.63, 3.8) is 0 Å². The quantitative estimate of drug-likeness (QED) is 0.280. The number of thiophene rings is 1. The number of hydrogen-bond acceptors (Lipinski definition) is 4. The number of halogens is 1. The first kappa shape index (κ1) is 24.2. The van der Waals surface area contributed by atoms with E-state index in [2.05, 4.69) is 44.7 Å². The Bertz CT molecular complexity index is 766. The SMILES string of the molecule is CCNC(=NCc1ccc(OC)c(NC(C)=O)c1)NCC(C)c1ccsc1.I. The third-order valence-electron chi connectivity index (χ3n) is 4.03. The Labute approximate surface area is 188 Å². The lowest BCUT2D eigenvalue weighted by molar-refractivity contribution is -0.114. The van der Waals surface area contributed by atoms with Gasteiger partial charge in [-0.2, -0.15) is 11.3 Å². The Kier molecular flexibility index (Phi) is 10.9. The van der Waals surface area contributed by atoms with Crippen LogP contribution in [0.25, 0.3) is 0 Å². The Morgan fingerprint density at radius 2 is 2.07 bits per heavy atom. The van der Waals surface area contributed by atoms with E-state index in [1.165, 1.54) is 12.5 Å². The van der Waals surface area contributed by atoms with Crippen LogP contribution < -0.4 is 20.7 Å². The smallest absolute Gasteiger partial charge is 0.221 e. The molecular weight excluding hydrogens is 487 g/mol. The van der Waals surface area contributed by atoms with E-state index in [9.17, 15) is 4.79 Å². The molecule has 6 nitrogen and oxygen atoms in total. The molecule has 1 aromatic carbocycles. The zero-order valence-electron chi connectivity index (χ0n) is 16.7. The van der Waals surface area contributed by atoms with Crippen molar-refractivity contribution < 1.29 is 9.53 Å². The molecule has 8 heteroatoms. The topological polar surface area (TPSA) is 74.8 Å². The second-order valence-electron chi connectivity index (χ2n) is 6.25. The number of nitrogens with zero attached hydrogens (tertiary/aromatic N) is 1. The number of ether oxygens (including phenoxy) is 1. The molecule has 3 N–H and O–H groups in total. The summed E-state index contributed by atoms with van der Waals surface area (Å²) in [5, 5.41) is 13.7. The predicted octanol–water partition coefficient (Wildman–Crippen LogP) is 4.19. The van der Waals surface area contributed by atoms with Crippen LogP contribution in [0.1, 0.15) is 37.8 Å². The number of rotatable bonds is 8. The summed E-state index contributed by atoms with van der Waals surface area (Å²) in [5.41, 5.74) is 2.97. The van der Waals surface area contributed by atoms with Crippen molar-refractivity contribution in [3.8, 4) is 5.75 Å². The second kappa shape index (κ2) is 12.6. The molecule has 1 aromatic heterocycles. The van der Waals surface area contributed by atoms with Gasteiger partial charge in [-0.1, -0.05) is 13.0 Å². The minimum Gasteiger partial charge on any atom is -0.495 e. The minimum absolute atomic E-state index is 0. The zero-order chi connectivity index (χ0) is 19.6. The van der Waals surface area contributed by atoms with Gasteiger partial charge in [-0.15, -0.1) is 24.0 Å². The molecule has 28 heavy (non-hydrogen) atoms. The third kappa shape index (κ3) is 7.67. The summed E-state index contributed by atoms with van der Waals surface area (Å²) in [5.74, 6) is 1.68. The average molecular weight is 516 g/mol. The first-order chi connectivity index (χ1) is 13.0. The molecule has 1 heterocycles. The van der Waals surface area contributed by atoms with Gasteiger partial charge in [-0.25, -0.2) is 4.99 Å². The lowest BCUT2D eigenvalue weighted by Crippen LogP contribution is -2.39. The molecule has 0 fully saturated rings. The number of benzene rings is 1. The Morgan fingerprint density at radius 3 is 2.68 bits per heavy atom. The molecule has 0 aliphatic carbocycles. The maximum Gasteiger partial charge on any atom is 0.221 e. The van der Waals surface area contributed by atoms with Crippen molar-refractivity contribution in [1.29, 1.82) is 0 Å². The molecule has 2 rings (SSSR count). The van der Waals surface area contributed by atoms with E-state index < -0.39 is 0 Å². The zero-order valence-corrected chi connectivity index (χ0v) is 19.9. The van der Waals surface area contributed by atoms with Gasteiger partial charge in [0.25, 0.3) is 0 Å². The molecule has 0 saturated heterocycles. The molecule has 0 radical (unpaired) electrons. The second-order valence-corrected chi connectivity index (χ2v) is 7.03. The number of aliphatic imine (C=N–C) groups is 1. The molecule has 0 bridgehead atoms. The van der Waals surface area contributed by atoms with Gasteiger partial charge >= 0.3 is 0 Å². The van der Waals surface area contributed by atoms with E-state index in [-0.39, 0.29) is 29.9 Å². The van der Waals surface area contributed by atoms with Gasteiger partial charge in [0.1, 0.15) is 5.75 Å². The monoisotopic (exact) mass is 516 g/mol. The lowest BCUT2D eigenvalue weighted by atomic mass is 10.1. The third-order valence-corrected chi connectivity index (χ3v) is 4.73. The number of amides is 1. The van der Waals surface area contributed by atoms with Crippen molar-refractivity contribution in [1.82, 2.24) is 10.6 Å². The Balaban J connectivity index is 0.00000392. The van der Waals surface area contributed by atoms with Crippen LogP contribution in [-0.2, 0) is 11.3 Å². The molecule has 0 spiro atoms. The van der Waals surface area contributed by atoms with Crippen molar-refractivity contribution in [2.45, 2.75) is 33.2 Å². The van der Waals surface area contributed by atoms with Gasteiger partial charge < -0.3 is 20.7 Å². The van der Waals surface area contributed by atoms with E-state index in [1.807, 2.05) is 25.1 Å². The van der Waals surface area contributed by atoms with Crippen LogP contribution in [0.15, 0.2) is 40.0 Å². The standard InChI is InChI=1S/C20H28N4O2S.HI/c1-5-21-20(22-11-14(2)17-8-9-27-13-17)23-12-16-6-7-19(26-4)18(10-16)24-15(3)25;/h6-10,13-14H,5,11-12H2,1-4H3,(H,24,25)(H2,21,22,23);1H. The molecule has 0 aliphatic rings. The molecule has 154 valence electrons. The first-order valence-electron chi connectivity index (χ1n) is 9.02. The van der Waals surface area contributed by atoms with Crippen molar-refractivity contribution >= 4 is 52.9 Å². The van der Waals surface area contributed by atoms with E-state index >= 15 is 0 Å². The number of anilines is 1. The fourth-order valence-corrected chi connectivity index (χ4v) is 3.36. The van der Waals surface area contributed by atoms with Gasteiger partial charge in [0.2, 0.25) is 5.91 Å². The number of carbonyl (C=O) groups excluding carboxylic acids is 1.